The van der Waals surface area contributed by atoms with Crippen LogP contribution in [0.1, 0.15) is 36.5 Å². The smallest absolute Gasteiger partial charge is 0.232 e. The Kier molecular flexibility index (Phi) is 7.14. The van der Waals surface area contributed by atoms with E-state index in [0.717, 1.165) is 42.8 Å². The average Bonchev–Trinajstić information content (AvgIpc) is 3.19. The van der Waals surface area contributed by atoms with E-state index in [-0.39, 0.29) is 17.9 Å². The largest absolute Gasteiger partial charge is 0.494 e. The number of nitrogens with zero attached hydrogens (tertiary/aromatic N) is 1. The molecule has 1 fully saturated rings. The van der Waals surface area contributed by atoms with Crippen LogP contribution in [-0.2, 0) is 10.2 Å². The first-order valence-electron chi connectivity index (χ1n) is 11.9. The predicted octanol–water partition coefficient (Wildman–Crippen LogP) is 4.95. The van der Waals surface area contributed by atoms with Gasteiger partial charge in [0.05, 0.1) is 6.61 Å². The summed E-state index contributed by atoms with van der Waals surface area (Å²) < 4.78 is 5.95. The molecule has 0 bridgehead atoms. The molecular weight excluding hydrogens is 408 g/mol. The highest BCUT2D eigenvalue weighted by Crippen LogP contribution is 2.46. The molecule has 1 saturated heterocycles. The number of rotatable bonds is 9. The maximum atomic E-state index is 13.3. The number of benzene rings is 3. The summed E-state index contributed by atoms with van der Waals surface area (Å²) in [7, 11) is 0. The number of hydrogen-bond acceptors (Lipinski definition) is 3. The van der Waals surface area contributed by atoms with Gasteiger partial charge in [0.2, 0.25) is 5.91 Å². The van der Waals surface area contributed by atoms with E-state index < -0.39 is 5.41 Å². The minimum atomic E-state index is -0.852. The Labute approximate surface area is 197 Å². The van der Waals surface area contributed by atoms with Crippen LogP contribution in [0.2, 0.25) is 0 Å². The fourth-order valence-corrected chi connectivity index (χ4v) is 5.52. The molecule has 4 nitrogen and oxygen atoms in total. The molecule has 1 aliphatic heterocycles. The maximum Gasteiger partial charge on any atom is 0.232 e. The summed E-state index contributed by atoms with van der Waals surface area (Å²) in [6, 6.07) is 28.5. The Morgan fingerprint density at radius 2 is 1.64 bits per heavy atom. The van der Waals surface area contributed by atoms with Crippen molar-refractivity contribution in [2.45, 2.75) is 38.1 Å². The molecule has 1 aliphatic rings. The van der Waals surface area contributed by atoms with Crippen LogP contribution in [0.3, 0.4) is 0 Å². The first-order valence-corrected chi connectivity index (χ1v) is 11.9. The second-order valence-electron chi connectivity index (χ2n) is 9.09. The molecule has 4 rings (SSSR count). The Hall–Kier alpha value is -3.11. The molecule has 172 valence electrons. The van der Waals surface area contributed by atoms with E-state index in [1.54, 1.807) is 0 Å². The molecule has 0 radical (unpaired) electrons. The van der Waals surface area contributed by atoms with Crippen LogP contribution >= 0.6 is 0 Å². The second-order valence-corrected chi connectivity index (χ2v) is 9.09. The van der Waals surface area contributed by atoms with Crippen LogP contribution in [0, 0.1) is 12.8 Å². The first kappa shape index (κ1) is 23.1. The van der Waals surface area contributed by atoms with Gasteiger partial charge in [-0.15, -0.1) is 0 Å². The van der Waals surface area contributed by atoms with Crippen molar-refractivity contribution in [3.63, 3.8) is 0 Å². The Balaban J connectivity index is 1.52. The zero-order valence-electron chi connectivity index (χ0n) is 19.6. The van der Waals surface area contributed by atoms with Crippen molar-refractivity contribution in [3.05, 3.63) is 102 Å². The van der Waals surface area contributed by atoms with Crippen molar-refractivity contribution >= 4 is 5.91 Å². The molecule has 0 unspecified atom stereocenters. The number of nitrogens with two attached hydrogens (primary N) is 1. The van der Waals surface area contributed by atoms with Gasteiger partial charge in [-0.25, -0.2) is 0 Å². The summed E-state index contributed by atoms with van der Waals surface area (Å²) in [5.41, 5.74) is 8.55. The van der Waals surface area contributed by atoms with E-state index in [1.165, 1.54) is 5.56 Å². The fraction of sp³-hybridized carbons (Fsp3) is 0.345. The molecule has 0 aromatic heterocycles. The number of aryl methyl sites for hydroxylation is 1. The molecular formula is C29H34N2O2. The zero-order chi connectivity index (χ0) is 23.3. The van der Waals surface area contributed by atoms with E-state index in [0.29, 0.717) is 6.61 Å². The molecule has 4 heteroatoms. The van der Waals surface area contributed by atoms with Gasteiger partial charge in [0.25, 0.3) is 0 Å². The summed E-state index contributed by atoms with van der Waals surface area (Å²) in [6.45, 7) is 6.87. The van der Waals surface area contributed by atoms with Crippen molar-refractivity contribution in [2.75, 3.05) is 19.7 Å². The van der Waals surface area contributed by atoms with E-state index in [1.807, 2.05) is 72.8 Å². The highest BCUT2D eigenvalue weighted by molar-refractivity contribution is 5.91. The lowest BCUT2D eigenvalue weighted by Gasteiger charge is -2.40. The van der Waals surface area contributed by atoms with Crippen LogP contribution < -0.4 is 10.5 Å². The lowest BCUT2D eigenvalue weighted by Crippen LogP contribution is -2.51. The average molecular weight is 443 g/mol. The van der Waals surface area contributed by atoms with Crippen LogP contribution in [0.5, 0.6) is 5.75 Å². The van der Waals surface area contributed by atoms with E-state index in [2.05, 4.69) is 30.9 Å². The minimum Gasteiger partial charge on any atom is -0.494 e. The topological polar surface area (TPSA) is 55.6 Å². The standard InChI is InChI=1S/C29H34N2O2/c1-22-11-9-16-26(21-22)33-20-10-18-31-19-17-27(23(31)2)29(28(30)32,24-12-5-3-6-13-24)25-14-7-4-8-15-25/h3-9,11-16,21,23,27H,10,17-20H2,1-2H3,(H2,30,32)/t23-,27+/m0/s1. The van der Waals surface area contributed by atoms with Gasteiger partial charge in [-0.1, -0.05) is 72.8 Å². The quantitative estimate of drug-likeness (QED) is 0.477. The number of ether oxygens (including phenoxy) is 1. The molecule has 0 saturated carbocycles. The van der Waals surface area contributed by atoms with Gasteiger partial charge in [0, 0.05) is 12.6 Å². The van der Waals surface area contributed by atoms with Gasteiger partial charge in [-0.05, 0) is 68.0 Å². The summed E-state index contributed by atoms with van der Waals surface area (Å²) in [5, 5.41) is 0. The maximum absolute atomic E-state index is 13.3. The van der Waals surface area contributed by atoms with Crippen LogP contribution in [0.4, 0.5) is 0 Å². The lowest BCUT2D eigenvalue weighted by molar-refractivity contribution is -0.124. The van der Waals surface area contributed by atoms with Crippen molar-refractivity contribution in [1.82, 2.24) is 4.90 Å². The third-order valence-electron chi connectivity index (χ3n) is 7.14. The Bertz CT molecular complexity index is 1010. The van der Waals surface area contributed by atoms with Crippen molar-refractivity contribution in [3.8, 4) is 5.75 Å². The normalized spacial score (nSPS) is 18.8. The van der Waals surface area contributed by atoms with Gasteiger partial charge in [0.1, 0.15) is 11.2 Å². The molecule has 0 aliphatic carbocycles. The van der Waals surface area contributed by atoms with E-state index >= 15 is 0 Å². The first-order chi connectivity index (χ1) is 16.0. The molecule has 1 heterocycles. The van der Waals surface area contributed by atoms with Gasteiger partial charge < -0.3 is 15.4 Å². The van der Waals surface area contributed by atoms with Crippen molar-refractivity contribution < 1.29 is 9.53 Å². The van der Waals surface area contributed by atoms with Crippen molar-refractivity contribution in [2.24, 2.45) is 11.7 Å². The van der Waals surface area contributed by atoms with Gasteiger partial charge >= 0.3 is 0 Å². The highest BCUT2D eigenvalue weighted by Gasteiger charge is 2.52. The Morgan fingerprint density at radius 1 is 1.00 bits per heavy atom. The number of amides is 1. The lowest BCUT2D eigenvalue weighted by atomic mass is 9.63. The minimum absolute atomic E-state index is 0.0949. The summed E-state index contributed by atoms with van der Waals surface area (Å²) in [6.07, 6.45) is 1.86. The van der Waals surface area contributed by atoms with Gasteiger partial charge in [0.15, 0.2) is 0 Å². The second kappa shape index (κ2) is 10.2. The van der Waals surface area contributed by atoms with Crippen molar-refractivity contribution in [1.29, 1.82) is 0 Å². The van der Waals surface area contributed by atoms with Gasteiger partial charge in [-0.2, -0.15) is 0 Å². The van der Waals surface area contributed by atoms with E-state index in [9.17, 15) is 4.79 Å². The van der Waals surface area contributed by atoms with Crippen LogP contribution in [0.15, 0.2) is 84.9 Å². The monoisotopic (exact) mass is 442 g/mol. The molecule has 0 spiro atoms. The molecule has 3 aromatic carbocycles. The molecule has 3 aromatic rings. The molecule has 1 amide bonds. The van der Waals surface area contributed by atoms with E-state index in [4.69, 9.17) is 10.5 Å². The third kappa shape index (κ3) is 4.67. The highest BCUT2D eigenvalue weighted by atomic mass is 16.5. The molecule has 33 heavy (non-hydrogen) atoms. The SMILES string of the molecule is Cc1cccc(OCCCN2CC[C@@H](C(C(N)=O)(c3ccccc3)c3ccccc3)[C@@H]2C)c1. The summed E-state index contributed by atoms with van der Waals surface area (Å²) >= 11 is 0. The number of likely N-dealkylation sites (tertiary alicyclic amines) is 1. The number of primary amides is 1. The van der Waals surface area contributed by atoms with Crippen LogP contribution in [-0.4, -0.2) is 36.5 Å². The molecule has 2 N–H and O–H groups in total. The van der Waals surface area contributed by atoms with Gasteiger partial charge in [-0.3, -0.25) is 4.79 Å². The number of carbonyl (C=O) groups excluding carboxylic acids is 1. The Morgan fingerprint density at radius 3 is 2.21 bits per heavy atom. The predicted molar refractivity (Wildman–Crippen MR) is 133 cm³/mol. The molecule has 2 atom stereocenters. The number of carbonyl (C=O) groups is 1. The summed E-state index contributed by atoms with van der Waals surface area (Å²) in [4.78, 5) is 15.8. The number of hydrogen-bond donors (Lipinski definition) is 1. The third-order valence-corrected chi connectivity index (χ3v) is 7.14. The summed E-state index contributed by atoms with van der Waals surface area (Å²) in [5.74, 6) is 0.738. The fourth-order valence-electron chi connectivity index (χ4n) is 5.52. The van der Waals surface area contributed by atoms with Crippen LogP contribution in [0.25, 0.3) is 0 Å². The zero-order valence-corrected chi connectivity index (χ0v) is 19.6.